The van der Waals surface area contributed by atoms with Gasteiger partial charge in [-0.15, -0.1) is 0 Å². The highest BCUT2D eigenvalue weighted by Gasteiger charge is 2.06. The Morgan fingerprint density at radius 1 is 1.28 bits per heavy atom. The van der Waals surface area contributed by atoms with Gasteiger partial charge in [0.15, 0.2) is 0 Å². The Labute approximate surface area is 109 Å². The van der Waals surface area contributed by atoms with E-state index >= 15 is 0 Å². The van der Waals surface area contributed by atoms with Crippen LogP contribution in [0.15, 0.2) is 18.3 Å². The zero-order chi connectivity index (χ0) is 13.0. The first-order valence-corrected chi connectivity index (χ1v) is 5.81. The first-order chi connectivity index (χ1) is 8.67. The van der Waals surface area contributed by atoms with E-state index in [0.717, 1.165) is 5.69 Å². The molecule has 0 aromatic carbocycles. The van der Waals surface area contributed by atoms with Crippen molar-refractivity contribution in [3.05, 3.63) is 29.3 Å². The van der Waals surface area contributed by atoms with Crippen molar-refractivity contribution in [3.63, 3.8) is 0 Å². The molecule has 7 heteroatoms. The Morgan fingerprint density at radius 2 is 2.11 bits per heavy atom. The van der Waals surface area contributed by atoms with Gasteiger partial charge >= 0.3 is 6.01 Å². The van der Waals surface area contributed by atoms with Gasteiger partial charge in [-0.25, -0.2) is 0 Å². The molecule has 0 unspecified atom stereocenters. The number of hydrogen-bond acceptors (Lipinski definition) is 6. The molecule has 0 bridgehead atoms. The molecule has 94 valence electrons. The van der Waals surface area contributed by atoms with Gasteiger partial charge in [-0.3, -0.25) is 4.98 Å². The highest BCUT2D eigenvalue weighted by Crippen LogP contribution is 2.19. The molecule has 6 nitrogen and oxygen atoms in total. The van der Waals surface area contributed by atoms with E-state index in [4.69, 9.17) is 16.3 Å². The van der Waals surface area contributed by atoms with Crippen LogP contribution in [0.2, 0.25) is 5.28 Å². The molecule has 0 radical (unpaired) electrons. The van der Waals surface area contributed by atoms with E-state index < -0.39 is 0 Å². The van der Waals surface area contributed by atoms with Gasteiger partial charge in [0.25, 0.3) is 0 Å². The Morgan fingerprint density at radius 3 is 2.78 bits per heavy atom. The van der Waals surface area contributed by atoms with E-state index in [9.17, 15) is 0 Å². The average Bonchev–Trinajstić information content (AvgIpc) is 2.32. The number of ether oxygens (including phenoxy) is 1. The van der Waals surface area contributed by atoms with Crippen molar-refractivity contribution in [2.45, 2.75) is 13.8 Å². The number of aryl methyl sites for hydroxylation is 1. The number of aromatic nitrogens is 4. The summed E-state index contributed by atoms with van der Waals surface area (Å²) in [6.07, 6.45) is 1.60. The van der Waals surface area contributed by atoms with Crippen LogP contribution in [0.4, 0.5) is 5.95 Å². The van der Waals surface area contributed by atoms with Crippen LogP contribution in [0, 0.1) is 6.92 Å². The maximum atomic E-state index is 5.78. The van der Waals surface area contributed by atoms with Gasteiger partial charge in [0, 0.05) is 12.2 Å². The van der Waals surface area contributed by atoms with E-state index in [2.05, 4.69) is 25.3 Å². The Bertz CT molecular complexity index is 531. The van der Waals surface area contributed by atoms with Gasteiger partial charge in [0.2, 0.25) is 11.2 Å². The number of nitrogens with one attached hydrogen (secondary N) is 1. The first-order valence-electron chi connectivity index (χ1n) is 5.43. The Kier molecular flexibility index (Phi) is 3.88. The van der Waals surface area contributed by atoms with Crippen molar-refractivity contribution in [3.8, 4) is 11.8 Å². The SMILES string of the molecule is CCNc1nc(Cl)nc(Oc2ccc(C)nc2)n1. The van der Waals surface area contributed by atoms with Gasteiger partial charge in [-0.1, -0.05) is 0 Å². The second kappa shape index (κ2) is 5.59. The van der Waals surface area contributed by atoms with Crippen molar-refractivity contribution in [1.29, 1.82) is 0 Å². The summed E-state index contributed by atoms with van der Waals surface area (Å²) < 4.78 is 5.45. The maximum Gasteiger partial charge on any atom is 0.328 e. The van der Waals surface area contributed by atoms with Crippen LogP contribution in [-0.2, 0) is 0 Å². The second-order valence-electron chi connectivity index (χ2n) is 3.48. The number of anilines is 1. The normalized spacial score (nSPS) is 10.2. The predicted octanol–water partition coefficient (Wildman–Crippen LogP) is 2.45. The van der Waals surface area contributed by atoms with Crippen molar-refractivity contribution in [2.75, 3.05) is 11.9 Å². The molecule has 2 heterocycles. The highest BCUT2D eigenvalue weighted by atomic mass is 35.5. The van der Waals surface area contributed by atoms with Gasteiger partial charge in [-0.2, -0.15) is 15.0 Å². The van der Waals surface area contributed by atoms with Crippen LogP contribution in [-0.4, -0.2) is 26.5 Å². The minimum absolute atomic E-state index is 0.0796. The summed E-state index contributed by atoms with van der Waals surface area (Å²) in [5, 5.41) is 3.02. The Balaban J connectivity index is 2.20. The van der Waals surface area contributed by atoms with Crippen LogP contribution < -0.4 is 10.1 Å². The summed E-state index contributed by atoms with van der Waals surface area (Å²) in [7, 11) is 0. The molecule has 0 saturated heterocycles. The summed E-state index contributed by atoms with van der Waals surface area (Å²) in [6.45, 7) is 4.51. The van der Waals surface area contributed by atoms with Crippen LogP contribution in [0.25, 0.3) is 0 Å². The predicted molar refractivity (Wildman–Crippen MR) is 68.0 cm³/mol. The topological polar surface area (TPSA) is 72.8 Å². The molecule has 1 N–H and O–H groups in total. The van der Waals surface area contributed by atoms with Crippen LogP contribution >= 0.6 is 11.6 Å². The number of pyridine rings is 1. The third-order valence-corrected chi connectivity index (χ3v) is 2.18. The fourth-order valence-electron chi connectivity index (χ4n) is 1.23. The lowest BCUT2D eigenvalue weighted by molar-refractivity contribution is 0.438. The number of rotatable bonds is 4. The molecule has 18 heavy (non-hydrogen) atoms. The molecule has 2 aromatic heterocycles. The maximum absolute atomic E-state index is 5.78. The zero-order valence-electron chi connectivity index (χ0n) is 10.0. The second-order valence-corrected chi connectivity index (χ2v) is 3.82. The van der Waals surface area contributed by atoms with Gasteiger partial charge in [0.1, 0.15) is 5.75 Å². The third kappa shape index (κ3) is 3.27. The fourth-order valence-corrected chi connectivity index (χ4v) is 1.39. The summed E-state index contributed by atoms with van der Waals surface area (Å²) >= 11 is 5.78. The standard InChI is InChI=1S/C11H12ClN5O/c1-3-13-10-15-9(12)16-11(17-10)18-8-5-4-7(2)14-6-8/h4-6H,3H2,1-2H3,(H,13,15,16,17). The van der Waals surface area contributed by atoms with Gasteiger partial charge in [-0.05, 0) is 37.6 Å². The van der Waals surface area contributed by atoms with Crippen molar-refractivity contribution in [1.82, 2.24) is 19.9 Å². The number of hydrogen-bond donors (Lipinski definition) is 1. The van der Waals surface area contributed by atoms with E-state index in [1.807, 2.05) is 19.9 Å². The molecular weight excluding hydrogens is 254 g/mol. The smallest absolute Gasteiger partial charge is 0.328 e. The summed E-state index contributed by atoms with van der Waals surface area (Å²) in [5.74, 6) is 0.929. The molecule has 0 fully saturated rings. The number of nitrogens with zero attached hydrogens (tertiary/aromatic N) is 4. The monoisotopic (exact) mass is 265 g/mol. The zero-order valence-corrected chi connectivity index (χ0v) is 10.8. The first kappa shape index (κ1) is 12.5. The van der Waals surface area contributed by atoms with Crippen molar-refractivity contribution >= 4 is 17.5 Å². The van der Waals surface area contributed by atoms with E-state index in [0.29, 0.717) is 18.2 Å². The van der Waals surface area contributed by atoms with Crippen LogP contribution in [0.5, 0.6) is 11.8 Å². The molecule has 0 aliphatic heterocycles. The molecule has 0 aliphatic rings. The lowest BCUT2D eigenvalue weighted by Crippen LogP contribution is -2.04. The van der Waals surface area contributed by atoms with Crippen LogP contribution in [0.3, 0.4) is 0 Å². The molecule has 0 spiro atoms. The molecular formula is C11H12ClN5O. The molecule has 2 rings (SSSR count). The highest BCUT2D eigenvalue weighted by molar-refractivity contribution is 6.28. The van der Waals surface area contributed by atoms with E-state index in [-0.39, 0.29) is 11.3 Å². The minimum Gasteiger partial charge on any atom is -0.422 e. The largest absolute Gasteiger partial charge is 0.422 e. The summed E-state index contributed by atoms with van der Waals surface area (Å²) in [4.78, 5) is 16.0. The lowest BCUT2D eigenvalue weighted by Gasteiger charge is -2.06. The average molecular weight is 266 g/mol. The lowest BCUT2D eigenvalue weighted by atomic mass is 10.4. The number of halogens is 1. The Hall–Kier alpha value is -1.95. The third-order valence-electron chi connectivity index (χ3n) is 2.02. The molecule has 0 atom stereocenters. The minimum atomic E-state index is 0.0796. The summed E-state index contributed by atoms with van der Waals surface area (Å²) in [5.41, 5.74) is 0.907. The van der Waals surface area contributed by atoms with Gasteiger partial charge < -0.3 is 10.1 Å². The molecule has 0 saturated carbocycles. The summed E-state index contributed by atoms with van der Waals surface area (Å²) in [6, 6.07) is 3.76. The van der Waals surface area contributed by atoms with Crippen LogP contribution in [0.1, 0.15) is 12.6 Å². The molecule has 2 aromatic rings. The van der Waals surface area contributed by atoms with Crippen molar-refractivity contribution in [2.24, 2.45) is 0 Å². The van der Waals surface area contributed by atoms with E-state index in [1.165, 1.54) is 0 Å². The molecule has 0 aliphatic carbocycles. The van der Waals surface area contributed by atoms with E-state index in [1.54, 1.807) is 12.3 Å². The van der Waals surface area contributed by atoms with Crippen molar-refractivity contribution < 1.29 is 4.74 Å². The quantitative estimate of drug-likeness (QED) is 0.915. The fraction of sp³-hybridized carbons (Fsp3) is 0.273. The van der Waals surface area contributed by atoms with Gasteiger partial charge in [0.05, 0.1) is 6.20 Å². The molecule has 0 amide bonds.